The molecule has 0 unspecified atom stereocenters. The van der Waals surface area contributed by atoms with Gasteiger partial charge in [-0.2, -0.15) is 13.2 Å². The van der Waals surface area contributed by atoms with Crippen molar-refractivity contribution in [2.24, 2.45) is 0 Å². The van der Waals surface area contributed by atoms with Crippen molar-refractivity contribution in [3.05, 3.63) is 17.7 Å². The maximum Gasteiger partial charge on any atom is 0.432 e. The second-order valence-electron chi connectivity index (χ2n) is 4.65. The topological polar surface area (TPSA) is 49.0 Å². The summed E-state index contributed by atoms with van der Waals surface area (Å²) >= 11 is 0. The Balaban J connectivity index is 2.10. The summed E-state index contributed by atoms with van der Waals surface area (Å²) in [5.41, 5.74) is -0.857. The number of carbonyl (C=O) groups excluding carboxylic acids is 1. The first-order chi connectivity index (χ1) is 9.41. The maximum atomic E-state index is 12.5. The largest absolute Gasteiger partial charge is 0.432 e. The number of H-pyrrole nitrogens is 1. The van der Waals surface area contributed by atoms with Crippen LogP contribution >= 0.6 is 0 Å². The predicted octanol–water partition coefficient (Wildman–Crippen LogP) is 2.16. The Morgan fingerprint density at radius 3 is 2.90 bits per heavy atom. The first-order valence-corrected chi connectivity index (χ1v) is 6.25. The third kappa shape index (κ3) is 3.13. The number of alkyl halides is 3. The zero-order chi connectivity index (χ0) is 14.8. The first kappa shape index (κ1) is 14.4. The fourth-order valence-electron chi connectivity index (χ4n) is 2.26. The van der Waals surface area contributed by atoms with Crippen molar-refractivity contribution in [2.75, 3.05) is 13.1 Å². The van der Waals surface area contributed by atoms with Crippen LogP contribution in [0.3, 0.4) is 0 Å². The van der Waals surface area contributed by atoms with Crippen LogP contribution in [0.4, 0.5) is 13.2 Å². The normalized spacial score (nSPS) is 19.4. The molecule has 0 saturated carbocycles. The van der Waals surface area contributed by atoms with Gasteiger partial charge in [0.1, 0.15) is 11.5 Å². The molecular weight excluding hydrogens is 271 g/mol. The number of halogens is 3. The van der Waals surface area contributed by atoms with E-state index in [0.717, 1.165) is 12.6 Å². The van der Waals surface area contributed by atoms with Crippen LogP contribution in [-0.4, -0.2) is 33.9 Å². The van der Waals surface area contributed by atoms with E-state index in [0.29, 0.717) is 19.5 Å². The number of amides is 1. The number of aromatic nitrogens is 2. The number of aromatic amines is 1. The molecule has 0 bridgehead atoms. The van der Waals surface area contributed by atoms with E-state index in [1.165, 1.54) is 0 Å². The Morgan fingerprint density at radius 2 is 2.30 bits per heavy atom. The van der Waals surface area contributed by atoms with E-state index in [9.17, 15) is 18.0 Å². The van der Waals surface area contributed by atoms with Crippen LogP contribution in [0.15, 0.2) is 6.20 Å². The smallest absolute Gasteiger partial charge is 0.338 e. The summed E-state index contributed by atoms with van der Waals surface area (Å²) in [5, 5.41) is 0. The van der Waals surface area contributed by atoms with Gasteiger partial charge < -0.3 is 9.88 Å². The summed E-state index contributed by atoms with van der Waals surface area (Å²) in [4.78, 5) is 19.3. The van der Waals surface area contributed by atoms with Gasteiger partial charge in [0, 0.05) is 19.0 Å². The minimum atomic E-state index is -4.43. The summed E-state index contributed by atoms with van der Waals surface area (Å²) in [5.74, 6) is 4.75. The molecule has 1 aliphatic heterocycles. The van der Waals surface area contributed by atoms with E-state index < -0.39 is 11.9 Å². The second-order valence-corrected chi connectivity index (χ2v) is 4.65. The van der Waals surface area contributed by atoms with Gasteiger partial charge in [-0.25, -0.2) is 4.98 Å². The molecule has 7 heteroatoms. The van der Waals surface area contributed by atoms with E-state index in [1.807, 2.05) is 0 Å². The minimum absolute atomic E-state index is 0.206. The van der Waals surface area contributed by atoms with Crippen molar-refractivity contribution in [1.29, 1.82) is 0 Å². The fourth-order valence-corrected chi connectivity index (χ4v) is 2.26. The Kier molecular flexibility index (Phi) is 4.02. The van der Waals surface area contributed by atoms with Crippen LogP contribution in [0.25, 0.3) is 0 Å². The van der Waals surface area contributed by atoms with Crippen molar-refractivity contribution < 1.29 is 18.0 Å². The summed E-state index contributed by atoms with van der Waals surface area (Å²) in [6.45, 7) is 2.50. The van der Waals surface area contributed by atoms with E-state index in [1.54, 1.807) is 11.8 Å². The number of rotatable bonds is 1. The molecule has 108 valence electrons. The van der Waals surface area contributed by atoms with Gasteiger partial charge in [0.05, 0.1) is 6.20 Å². The second kappa shape index (κ2) is 5.57. The summed E-state index contributed by atoms with van der Waals surface area (Å²) < 4.78 is 37.6. The highest BCUT2D eigenvalue weighted by atomic mass is 19.4. The third-order valence-corrected chi connectivity index (χ3v) is 3.23. The number of nitrogens with zero attached hydrogens (tertiary/aromatic N) is 2. The van der Waals surface area contributed by atoms with Crippen molar-refractivity contribution in [1.82, 2.24) is 14.9 Å². The van der Waals surface area contributed by atoms with Gasteiger partial charge in [0.15, 0.2) is 0 Å². The summed E-state index contributed by atoms with van der Waals surface area (Å²) in [6, 6.07) is 0. The molecule has 2 rings (SSSR count). The molecule has 2 heterocycles. The van der Waals surface area contributed by atoms with Gasteiger partial charge in [-0.05, 0) is 25.7 Å². The average molecular weight is 285 g/mol. The number of imidazole rings is 1. The lowest BCUT2D eigenvalue weighted by molar-refractivity contribution is -0.141. The lowest BCUT2D eigenvalue weighted by atomic mass is 9.97. The lowest BCUT2D eigenvalue weighted by Gasteiger charge is -2.30. The number of carbonyl (C=O) groups is 1. The van der Waals surface area contributed by atoms with Crippen molar-refractivity contribution in [3.63, 3.8) is 0 Å². The third-order valence-electron chi connectivity index (χ3n) is 3.23. The quantitative estimate of drug-likeness (QED) is 0.804. The Labute approximate surface area is 114 Å². The van der Waals surface area contributed by atoms with Gasteiger partial charge in [-0.1, -0.05) is 5.92 Å². The van der Waals surface area contributed by atoms with Gasteiger partial charge in [0.25, 0.3) is 5.91 Å². The highest BCUT2D eigenvalue weighted by molar-refractivity contribution is 5.93. The fraction of sp³-hybridized carbons (Fsp3) is 0.538. The van der Waals surface area contributed by atoms with Gasteiger partial charge in [-0.15, -0.1) is 0 Å². The average Bonchev–Trinajstić information content (AvgIpc) is 2.89. The van der Waals surface area contributed by atoms with E-state index in [-0.39, 0.29) is 17.6 Å². The molecule has 1 aliphatic rings. The number of nitrogens with one attached hydrogen (secondary N) is 1. The lowest BCUT2D eigenvalue weighted by Crippen LogP contribution is -2.38. The highest BCUT2D eigenvalue weighted by Crippen LogP contribution is 2.30. The molecule has 1 atom stereocenters. The van der Waals surface area contributed by atoms with Crippen LogP contribution in [0.1, 0.15) is 37.2 Å². The number of hydrogen-bond acceptors (Lipinski definition) is 2. The van der Waals surface area contributed by atoms with E-state index >= 15 is 0 Å². The molecule has 1 aromatic heterocycles. The molecule has 0 spiro atoms. The molecule has 1 fully saturated rings. The van der Waals surface area contributed by atoms with Gasteiger partial charge in [0.2, 0.25) is 0 Å². The van der Waals surface area contributed by atoms with Crippen LogP contribution in [0.2, 0.25) is 0 Å². The van der Waals surface area contributed by atoms with Crippen LogP contribution in [0, 0.1) is 11.8 Å². The molecule has 1 aromatic rings. The van der Waals surface area contributed by atoms with Gasteiger partial charge in [-0.3, -0.25) is 4.79 Å². The summed E-state index contributed by atoms with van der Waals surface area (Å²) in [7, 11) is 0. The molecule has 1 amide bonds. The molecule has 1 N–H and O–H groups in total. The van der Waals surface area contributed by atoms with Gasteiger partial charge >= 0.3 is 6.18 Å². The highest BCUT2D eigenvalue weighted by Gasteiger charge is 2.34. The zero-order valence-electron chi connectivity index (χ0n) is 10.9. The predicted molar refractivity (Wildman–Crippen MR) is 65.6 cm³/mol. The number of piperidine rings is 1. The zero-order valence-corrected chi connectivity index (χ0v) is 10.9. The molecule has 4 nitrogen and oxygen atoms in total. The maximum absolute atomic E-state index is 12.5. The molecular formula is C13H14F3N3O. The van der Waals surface area contributed by atoms with E-state index in [4.69, 9.17) is 0 Å². The number of likely N-dealkylation sites (tertiary alicyclic amines) is 1. The molecule has 0 radical (unpaired) electrons. The van der Waals surface area contributed by atoms with Crippen molar-refractivity contribution in [3.8, 4) is 11.8 Å². The van der Waals surface area contributed by atoms with E-state index in [2.05, 4.69) is 21.8 Å². The summed E-state index contributed by atoms with van der Waals surface area (Å²) in [6.07, 6.45) is -2.21. The van der Waals surface area contributed by atoms with Crippen molar-refractivity contribution in [2.45, 2.75) is 31.9 Å². The molecule has 0 aromatic carbocycles. The van der Waals surface area contributed by atoms with Crippen LogP contribution < -0.4 is 0 Å². The van der Waals surface area contributed by atoms with Crippen LogP contribution in [-0.2, 0) is 11.0 Å². The van der Waals surface area contributed by atoms with Crippen molar-refractivity contribution >= 4 is 5.91 Å². The Bertz CT molecular complexity index is 553. The minimum Gasteiger partial charge on any atom is -0.338 e. The molecule has 20 heavy (non-hydrogen) atoms. The molecule has 1 saturated heterocycles. The number of hydrogen-bond donors (Lipinski definition) is 1. The Hall–Kier alpha value is -1.97. The SMILES string of the molecule is CC#CC(=O)N1CCC[C@H](c2ncc(C(F)(F)F)[nH]2)C1. The Morgan fingerprint density at radius 1 is 1.55 bits per heavy atom. The standard InChI is InChI=1S/C13H14F3N3O/c1-2-4-11(20)19-6-3-5-9(8-19)12-17-7-10(18-12)13(14,15)16/h7,9H,3,5-6,8H2,1H3,(H,17,18)/t9-/m0/s1. The monoisotopic (exact) mass is 285 g/mol. The molecule has 0 aliphatic carbocycles. The van der Waals surface area contributed by atoms with Crippen LogP contribution in [0.5, 0.6) is 0 Å². The first-order valence-electron chi connectivity index (χ1n) is 6.25.